The second-order valence-electron chi connectivity index (χ2n) is 2.41. The molecule has 1 aliphatic carbocycles. The van der Waals surface area contributed by atoms with Gasteiger partial charge in [-0.05, 0) is 13.0 Å². The Bertz CT molecular complexity index is 341. The minimum Gasteiger partial charge on any atom is -0.320 e. The van der Waals surface area contributed by atoms with Crippen LogP contribution in [0.3, 0.4) is 0 Å². The summed E-state index contributed by atoms with van der Waals surface area (Å²) in [5.74, 6) is 0. The van der Waals surface area contributed by atoms with Gasteiger partial charge in [0.15, 0.2) is 0 Å². The molecule has 11 heavy (non-hydrogen) atoms. The predicted octanol–water partition coefficient (Wildman–Crippen LogP) is -0.119. The van der Waals surface area contributed by atoms with Crippen LogP contribution in [0.2, 0.25) is 0 Å². The zero-order valence-electron chi connectivity index (χ0n) is 6.11. The maximum atomic E-state index is 10.5. The highest BCUT2D eigenvalue weighted by atomic mass is 32.2. The summed E-state index contributed by atoms with van der Waals surface area (Å²) in [5, 5.41) is 0. The van der Waals surface area contributed by atoms with Crippen molar-refractivity contribution >= 4 is 15.2 Å². The summed E-state index contributed by atoms with van der Waals surface area (Å²) >= 11 is 0. The van der Waals surface area contributed by atoms with Gasteiger partial charge in [-0.2, -0.15) is 8.42 Å². The summed E-state index contributed by atoms with van der Waals surface area (Å²) in [7, 11) is -2.19. The summed E-state index contributed by atoms with van der Waals surface area (Å²) in [4.78, 5) is 0.255. The average molecular weight is 171 g/mol. The third-order valence-electron chi connectivity index (χ3n) is 1.46. The molecule has 0 aromatic heterocycles. The fourth-order valence-corrected chi connectivity index (χ4v) is 1.46. The van der Waals surface area contributed by atoms with Gasteiger partial charge in [0.25, 0.3) is 0 Å². The van der Waals surface area contributed by atoms with Gasteiger partial charge in [0.05, 0.1) is 10.9 Å². The zero-order valence-corrected chi connectivity index (χ0v) is 6.93. The monoisotopic (exact) mass is 171 g/mol. The van der Waals surface area contributed by atoms with Crippen LogP contribution in [-0.4, -0.2) is 19.3 Å². The molecule has 0 spiro atoms. The van der Waals surface area contributed by atoms with E-state index in [9.17, 15) is 8.42 Å². The number of nitrogens with two attached hydrogens (primary N) is 1. The molecule has 2 N–H and O–H groups in total. The van der Waals surface area contributed by atoms with Crippen molar-refractivity contribution in [2.75, 3.05) is 0 Å². The highest BCUT2D eigenvalue weighted by Crippen LogP contribution is 2.04. The SMILES string of the molecule is CC1=CC(=S(=O)=O)C(N)C=C1. The Balaban J connectivity index is 3.21. The maximum absolute atomic E-state index is 10.5. The first-order chi connectivity index (χ1) is 5.11. The van der Waals surface area contributed by atoms with E-state index in [1.807, 2.05) is 6.92 Å². The van der Waals surface area contributed by atoms with E-state index < -0.39 is 16.3 Å². The van der Waals surface area contributed by atoms with Gasteiger partial charge >= 0.3 is 0 Å². The molecule has 60 valence electrons. The molecule has 0 radical (unpaired) electrons. The number of hydrogen-bond acceptors (Lipinski definition) is 3. The number of hydrogen-bond donors (Lipinski definition) is 1. The topological polar surface area (TPSA) is 60.2 Å². The Morgan fingerprint density at radius 1 is 1.55 bits per heavy atom. The van der Waals surface area contributed by atoms with Crippen LogP contribution in [0.25, 0.3) is 0 Å². The molecule has 1 rings (SSSR count). The molecule has 0 bridgehead atoms. The van der Waals surface area contributed by atoms with Crippen LogP contribution < -0.4 is 5.73 Å². The maximum Gasteiger partial charge on any atom is 0.219 e. The lowest BCUT2D eigenvalue weighted by Crippen LogP contribution is -2.29. The van der Waals surface area contributed by atoms with Crippen molar-refractivity contribution in [2.24, 2.45) is 5.73 Å². The van der Waals surface area contributed by atoms with Gasteiger partial charge < -0.3 is 5.73 Å². The Kier molecular flexibility index (Phi) is 2.26. The van der Waals surface area contributed by atoms with E-state index >= 15 is 0 Å². The van der Waals surface area contributed by atoms with Crippen molar-refractivity contribution < 1.29 is 8.42 Å². The fraction of sp³-hybridized carbons (Fsp3) is 0.286. The van der Waals surface area contributed by atoms with E-state index in [0.717, 1.165) is 5.57 Å². The van der Waals surface area contributed by atoms with E-state index in [1.54, 1.807) is 18.2 Å². The lowest BCUT2D eigenvalue weighted by Gasteiger charge is -2.08. The van der Waals surface area contributed by atoms with Crippen LogP contribution in [0.4, 0.5) is 0 Å². The normalized spacial score (nSPS) is 23.3. The van der Waals surface area contributed by atoms with Crippen molar-refractivity contribution in [3.05, 3.63) is 23.8 Å². The highest BCUT2D eigenvalue weighted by Gasteiger charge is 2.10. The standard InChI is InChI=1S/C7H9NO2S/c1-5-2-3-6(8)7(4-5)11(9)10/h2-4,6H,8H2,1H3. The molecule has 0 saturated carbocycles. The van der Waals surface area contributed by atoms with E-state index in [1.165, 1.54) is 0 Å². The fourth-order valence-electron chi connectivity index (χ4n) is 0.878. The summed E-state index contributed by atoms with van der Waals surface area (Å²) < 4.78 is 21.0. The molecule has 0 aromatic carbocycles. The molecule has 0 heterocycles. The van der Waals surface area contributed by atoms with Crippen LogP contribution in [0, 0.1) is 0 Å². The van der Waals surface area contributed by atoms with Crippen LogP contribution in [0.5, 0.6) is 0 Å². The van der Waals surface area contributed by atoms with E-state index in [4.69, 9.17) is 5.73 Å². The molecule has 1 aliphatic rings. The summed E-state index contributed by atoms with van der Waals surface area (Å²) in [6.07, 6.45) is 5.05. The van der Waals surface area contributed by atoms with Crippen molar-refractivity contribution in [1.82, 2.24) is 0 Å². The molecule has 3 nitrogen and oxygen atoms in total. The molecule has 1 atom stereocenters. The number of allylic oxidation sites excluding steroid dienone is 2. The molecule has 0 amide bonds. The molecule has 1 unspecified atom stereocenters. The lowest BCUT2D eigenvalue weighted by molar-refractivity contribution is 0.626. The minimum absolute atomic E-state index is 0.255. The molecular formula is C7H9NO2S. The van der Waals surface area contributed by atoms with Crippen LogP contribution in [0.1, 0.15) is 6.92 Å². The van der Waals surface area contributed by atoms with Crippen molar-refractivity contribution in [2.45, 2.75) is 13.0 Å². The lowest BCUT2D eigenvalue weighted by atomic mass is 10.1. The van der Waals surface area contributed by atoms with Gasteiger partial charge in [0, 0.05) is 0 Å². The molecular weight excluding hydrogens is 162 g/mol. The first-order valence-electron chi connectivity index (χ1n) is 3.19. The minimum atomic E-state index is -2.19. The molecule has 0 aliphatic heterocycles. The Labute approximate surface area is 66.7 Å². The van der Waals surface area contributed by atoms with Crippen molar-refractivity contribution in [3.8, 4) is 0 Å². The molecule has 0 aromatic rings. The van der Waals surface area contributed by atoms with Crippen molar-refractivity contribution in [3.63, 3.8) is 0 Å². The molecule has 0 saturated heterocycles. The quantitative estimate of drug-likeness (QED) is 0.517. The smallest absolute Gasteiger partial charge is 0.219 e. The van der Waals surface area contributed by atoms with Gasteiger partial charge in [-0.1, -0.05) is 17.7 Å². The average Bonchev–Trinajstić information content (AvgIpc) is 1.94. The van der Waals surface area contributed by atoms with Gasteiger partial charge in [-0.3, -0.25) is 0 Å². The zero-order chi connectivity index (χ0) is 8.43. The third-order valence-corrected chi connectivity index (χ3v) is 2.23. The molecule has 0 fully saturated rings. The van der Waals surface area contributed by atoms with E-state index in [2.05, 4.69) is 0 Å². The van der Waals surface area contributed by atoms with E-state index in [0.29, 0.717) is 0 Å². The van der Waals surface area contributed by atoms with Gasteiger partial charge in [0.1, 0.15) is 0 Å². The Hall–Kier alpha value is -0.870. The van der Waals surface area contributed by atoms with Crippen molar-refractivity contribution in [1.29, 1.82) is 0 Å². The second kappa shape index (κ2) is 3.02. The highest BCUT2D eigenvalue weighted by molar-refractivity contribution is 7.73. The summed E-state index contributed by atoms with van der Waals surface area (Å²) in [6.45, 7) is 1.83. The van der Waals surface area contributed by atoms with Gasteiger partial charge in [-0.25, -0.2) is 0 Å². The summed E-state index contributed by atoms with van der Waals surface area (Å²) in [5.41, 5.74) is 6.39. The largest absolute Gasteiger partial charge is 0.320 e. The second-order valence-corrected chi connectivity index (χ2v) is 3.35. The van der Waals surface area contributed by atoms with Crippen LogP contribution in [-0.2, 0) is 10.3 Å². The van der Waals surface area contributed by atoms with Gasteiger partial charge in [0.2, 0.25) is 10.3 Å². The first-order valence-corrected chi connectivity index (χ1v) is 4.27. The van der Waals surface area contributed by atoms with Crippen LogP contribution >= 0.6 is 0 Å². The van der Waals surface area contributed by atoms with E-state index in [-0.39, 0.29) is 4.86 Å². The molecule has 4 heteroatoms. The third kappa shape index (κ3) is 1.78. The first kappa shape index (κ1) is 8.23. The van der Waals surface area contributed by atoms with Gasteiger partial charge in [-0.15, -0.1) is 0 Å². The summed E-state index contributed by atoms with van der Waals surface area (Å²) in [6, 6.07) is -0.475. The Morgan fingerprint density at radius 2 is 2.18 bits per heavy atom. The Morgan fingerprint density at radius 3 is 2.64 bits per heavy atom. The van der Waals surface area contributed by atoms with Crippen LogP contribution in [0.15, 0.2) is 23.8 Å². The number of rotatable bonds is 0. The predicted molar refractivity (Wildman–Crippen MR) is 44.8 cm³/mol.